The molecular formula is C31H30IN3O6S. The molecule has 0 radical (unpaired) electrons. The number of nitrogens with one attached hydrogen (secondary N) is 1. The molecule has 42 heavy (non-hydrogen) atoms. The second-order valence-corrected chi connectivity index (χ2v) is 11.9. The van der Waals surface area contributed by atoms with Gasteiger partial charge in [-0.15, -0.1) is 0 Å². The first kappa shape index (κ1) is 29.9. The van der Waals surface area contributed by atoms with Crippen LogP contribution in [0.2, 0.25) is 0 Å². The Balaban J connectivity index is 1.26. The normalized spacial score (nSPS) is 16.2. The summed E-state index contributed by atoms with van der Waals surface area (Å²) in [6.07, 6.45) is 1.63. The van der Waals surface area contributed by atoms with E-state index in [4.69, 9.17) is 14.2 Å². The molecule has 3 aromatic rings. The average molecular weight is 700 g/mol. The van der Waals surface area contributed by atoms with Crippen molar-refractivity contribution in [2.75, 3.05) is 50.2 Å². The van der Waals surface area contributed by atoms with E-state index >= 15 is 0 Å². The number of carbonyl (C=O) groups is 3. The molecular weight excluding hydrogens is 669 g/mol. The van der Waals surface area contributed by atoms with Gasteiger partial charge in [-0.25, -0.2) is 0 Å². The number of amides is 3. The molecule has 0 bridgehead atoms. The minimum Gasteiger partial charge on any atom is -0.493 e. The summed E-state index contributed by atoms with van der Waals surface area (Å²) < 4.78 is 17.9. The van der Waals surface area contributed by atoms with E-state index in [2.05, 4.69) is 32.8 Å². The number of anilines is 2. The Labute approximate surface area is 262 Å². The van der Waals surface area contributed by atoms with Gasteiger partial charge in [-0.2, -0.15) is 0 Å². The molecule has 2 aliphatic rings. The predicted molar refractivity (Wildman–Crippen MR) is 172 cm³/mol. The fraction of sp³-hybridized carbons (Fsp3) is 0.258. The summed E-state index contributed by atoms with van der Waals surface area (Å²) in [6, 6.07) is 19.2. The first-order chi connectivity index (χ1) is 20.3. The van der Waals surface area contributed by atoms with Gasteiger partial charge in [-0.05, 0) is 82.7 Å². The van der Waals surface area contributed by atoms with Crippen LogP contribution >= 0.6 is 34.4 Å². The van der Waals surface area contributed by atoms with Gasteiger partial charge in [-0.3, -0.25) is 19.3 Å². The van der Waals surface area contributed by atoms with E-state index < -0.39 is 17.1 Å². The number of aryl methyl sites for hydroxylation is 1. The van der Waals surface area contributed by atoms with Crippen LogP contribution in [-0.2, 0) is 20.9 Å². The molecule has 2 fully saturated rings. The molecule has 0 atom stereocenters. The van der Waals surface area contributed by atoms with Crippen LogP contribution in [0.3, 0.4) is 0 Å². The Morgan fingerprint density at radius 2 is 1.83 bits per heavy atom. The van der Waals surface area contributed by atoms with Gasteiger partial charge in [0, 0.05) is 13.1 Å². The molecule has 3 amide bonds. The van der Waals surface area contributed by atoms with Crippen LogP contribution < -0.4 is 19.7 Å². The minimum atomic E-state index is -0.518. The molecule has 2 heterocycles. The topological polar surface area (TPSA) is 97.4 Å². The second-order valence-electron chi connectivity index (χ2n) is 9.74. The molecule has 0 aromatic heterocycles. The van der Waals surface area contributed by atoms with Crippen LogP contribution in [0.4, 0.5) is 16.2 Å². The van der Waals surface area contributed by atoms with Crippen LogP contribution in [0.1, 0.15) is 16.7 Å². The number of benzene rings is 3. The van der Waals surface area contributed by atoms with E-state index in [0.29, 0.717) is 55.7 Å². The van der Waals surface area contributed by atoms with Crippen molar-refractivity contribution in [3.8, 4) is 11.5 Å². The number of hydrogen-bond donors (Lipinski definition) is 1. The smallest absolute Gasteiger partial charge is 0.294 e. The van der Waals surface area contributed by atoms with Crippen molar-refractivity contribution in [2.24, 2.45) is 0 Å². The number of halogens is 1. The van der Waals surface area contributed by atoms with Crippen molar-refractivity contribution >= 4 is 68.9 Å². The number of imide groups is 1. The molecule has 3 aromatic carbocycles. The number of nitrogens with zero attached hydrogens (tertiary/aromatic N) is 2. The van der Waals surface area contributed by atoms with Crippen molar-refractivity contribution in [2.45, 2.75) is 13.5 Å². The van der Waals surface area contributed by atoms with Gasteiger partial charge in [0.25, 0.3) is 11.1 Å². The minimum absolute atomic E-state index is 0.229. The summed E-state index contributed by atoms with van der Waals surface area (Å²) in [5, 5.41) is 2.37. The molecule has 11 heteroatoms. The van der Waals surface area contributed by atoms with Crippen LogP contribution in [0.25, 0.3) is 6.08 Å². The lowest BCUT2D eigenvalue weighted by molar-refractivity contribution is -0.127. The van der Waals surface area contributed by atoms with Gasteiger partial charge in [0.05, 0.1) is 40.2 Å². The number of hydrogen-bond acceptors (Lipinski definition) is 8. The fourth-order valence-corrected chi connectivity index (χ4v) is 6.20. The molecule has 0 saturated carbocycles. The third kappa shape index (κ3) is 7.08. The van der Waals surface area contributed by atoms with E-state index in [0.717, 1.165) is 31.5 Å². The summed E-state index contributed by atoms with van der Waals surface area (Å²) in [7, 11) is 1.55. The summed E-state index contributed by atoms with van der Waals surface area (Å²) in [5.74, 6) is 0.136. The van der Waals surface area contributed by atoms with E-state index in [-0.39, 0.29) is 11.4 Å². The number of morpholine rings is 1. The number of carbonyl (C=O) groups excluding carboxylic acids is 3. The molecule has 0 aliphatic carbocycles. The highest BCUT2D eigenvalue weighted by Crippen LogP contribution is 2.38. The predicted octanol–water partition coefficient (Wildman–Crippen LogP) is 5.70. The Kier molecular flexibility index (Phi) is 9.70. The maximum atomic E-state index is 13.2. The van der Waals surface area contributed by atoms with Gasteiger partial charge in [0.1, 0.15) is 13.2 Å². The lowest BCUT2D eigenvalue weighted by Gasteiger charge is -2.30. The number of ether oxygens (including phenoxy) is 3. The van der Waals surface area contributed by atoms with Gasteiger partial charge < -0.3 is 24.4 Å². The highest BCUT2D eigenvalue weighted by molar-refractivity contribution is 14.1. The van der Waals surface area contributed by atoms with Crippen LogP contribution in [0.5, 0.6) is 11.5 Å². The first-order valence-electron chi connectivity index (χ1n) is 13.3. The Hall–Kier alpha value is -3.55. The maximum Gasteiger partial charge on any atom is 0.294 e. The van der Waals surface area contributed by atoms with E-state index in [1.807, 2.05) is 55.5 Å². The highest BCUT2D eigenvalue weighted by atomic mass is 127. The monoisotopic (exact) mass is 699 g/mol. The molecule has 5 rings (SSSR count). The quantitative estimate of drug-likeness (QED) is 0.225. The average Bonchev–Trinajstić information content (AvgIpc) is 3.25. The zero-order valence-electron chi connectivity index (χ0n) is 23.2. The van der Waals surface area contributed by atoms with E-state index in [9.17, 15) is 14.4 Å². The van der Waals surface area contributed by atoms with Crippen molar-refractivity contribution in [1.82, 2.24) is 4.90 Å². The fourth-order valence-electron chi connectivity index (χ4n) is 4.58. The largest absolute Gasteiger partial charge is 0.493 e. The Morgan fingerprint density at radius 1 is 1.10 bits per heavy atom. The van der Waals surface area contributed by atoms with Gasteiger partial charge in [0.15, 0.2) is 11.5 Å². The van der Waals surface area contributed by atoms with Gasteiger partial charge in [0.2, 0.25) is 5.91 Å². The maximum absolute atomic E-state index is 13.2. The van der Waals surface area contributed by atoms with Crippen LogP contribution in [0.15, 0.2) is 65.6 Å². The van der Waals surface area contributed by atoms with Crippen molar-refractivity contribution in [3.63, 3.8) is 0 Å². The van der Waals surface area contributed by atoms with Gasteiger partial charge >= 0.3 is 0 Å². The summed E-state index contributed by atoms with van der Waals surface area (Å²) in [5.41, 5.74) is 4.38. The molecule has 1 N–H and O–H groups in total. The van der Waals surface area contributed by atoms with Gasteiger partial charge in [-0.1, -0.05) is 42.0 Å². The molecule has 0 unspecified atom stereocenters. The third-order valence-electron chi connectivity index (χ3n) is 6.76. The lowest BCUT2D eigenvalue weighted by Crippen LogP contribution is -2.38. The third-order valence-corrected chi connectivity index (χ3v) is 8.47. The lowest BCUT2D eigenvalue weighted by atomic mass is 10.1. The van der Waals surface area contributed by atoms with Crippen molar-refractivity contribution in [3.05, 3.63) is 85.8 Å². The standard InChI is InChI=1S/C31H30IN3O6S/c1-20-7-9-21(10-8-20)19-41-29-23(32)15-22(16-26(29)39-2)17-27-30(37)35(31(38)42-27)18-28(36)33-24-5-3-4-6-25(24)34-11-13-40-14-12-34/h3-10,15-17H,11-14,18-19H2,1-2H3,(H,33,36)/b27-17-. The highest BCUT2D eigenvalue weighted by Gasteiger charge is 2.36. The first-order valence-corrected chi connectivity index (χ1v) is 15.2. The molecule has 0 spiro atoms. The van der Waals surface area contributed by atoms with E-state index in [1.165, 1.54) is 5.56 Å². The van der Waals surface area contributed by atoms with Crippen molar-refractivity contribution < 1.29 is 28.6 Å². The van der Waals surface area contributed by atoms with Crippen molar-refractivity contribution in [1.29, 1.82) is 0 Å². The zero-order valence-corrected chi connectivity index (χ0v) is 26.2. The molecule has 2 saturated heterocycles. The zero-order chi connectivity index (χ0) is 29.6. The number of rotatable bonds is 9. The summed E-state index contributed by atoms with van der Waals surface area (Å²) >= 11 is 2.97. The molecule has 9 nitrogen and oxygen atoms in total. The van der Waals surface area contributed by atoms with E-state index in [1.54, 1.807) is 25.3 Å². The number of thioether (sulfide) groups is 1. The summed E-state index contributed by atoms with van der Waals surface area (Å²) in [4.78, 5) is 42.2. The summed E-state index contributed by atoms with van der Waals surface area (Å²) in [6.45, 7) is 4.68. The molecule has 218 valence electrons. The Bertz CT molecular complexity index is 1520. The number of methoxy groups -OCH3 is 1. The molecule has 2 aliphatic heterocycles. The number of para-hydroxylation sites is 2. The van der Waals surface area contributed by atoms with Crippen LogP contribution in [-0.4, -0.2) is 61.9 Å². The van der Waals surface area contributed by atoms with Crippen LogP contribution in [0, 0.1) is 10.5 Å². The second kappa shape index (κ2) is 13.6. The SMILES string of the molecule is COc1cc(/C=C2\SC(=O)N(CC(=O)Nc3ccccc3N3CCOCC3)C2=O)cc(I)c1OCc1ccc(C)cc1. The Morgan fingerprint density at radius 3 is 2.57 bits per heavy atom.